The summed E-state index contributed by atoms with van der Waals surface area (Å²) >= 11 is 7.09. The van der Waals surface area contributed by atoms with Gasteiger partial charge in [-0.05, 0) is 43.9 Å². The van der Waals surface area contributed by atoms with Gasteiger partial charge in [-0.1, -0.05) is 11.6 Å². The highest BCUT2D eigenvalue weighted by atomic mass is 35.5. The minimum Gasteiger partial charge on any atom is -0.341 e. The van der Waals surface area contributed by atoms with Crippen LogP contribution in [0.2, 0.25) is 4.34 Å². The number of carbonyl (C=O) groups is 2. The van der Waals surface area contributed by atoms with E-state index in [9.17, 15) is 18.0 Å². The number of amides is 2. The second-order valence-corrected chi connectivity index (χ2v) is 9.99. The third-order valence-corrected chi connectivity index (χ3v) is 6.93. The molecule has 27 heavy (non-hydrogen) atoms. The van der Waals surface area contributed by atoms with Crippen molar-refractivity contribution in [1.82, 2.24) is 14.5 Å². The molecule has 2 saturated heterocycles. The third-order valence-electron chi connectivity index (χ3n) is 4.63. The molecule has 0 radical (unpaired) electrons. The maximum Gasteiger partial charge on any atom is 0.242 e. The van der Waals surface area contributed by atoms with Gasteiger partial charge in [0.2, 0.25) is 21.8 Å². The molecule has 1 atom stereocenters. The fourth-order valence-corrected chi connectivity index (χ4v) is 5.32. The number of hydrogen-bond acceptors (Lipinski definition) is 5. The maximum absolute atomic E-state index is 12.6. The molecule has 2 fully saturated rings. The first-order valence-electron chi connectivity index (χ1n) is 8.86. The van der Waals surface area contributed by atoms with Crippen LogP contribution in [0, 0.1) is 0 Å². The number of halogens is 1. The Morgan fingerprint density at radius 2 is 2.00 bits per heavy atom. The summed E-state index contributed by atoms with van der Waals surface area (Å²) in [5.41, 5.74) is 0. The van der Waals surface area contributed by atoms with E-state index < -0.39 is 16.1 Å². The average molecular weight is 432 g/mol. The summed E-state index contributed by atoms with van der Waals surface area (Å²) in [7, 11) is -3.78. The van der Waals surface area contributed by atoms with Crippen molar-refractivity contribution in [3.8, 4) is 0 Å². The molecular formula is C17H22ClN3O4S2. The molecule has 0 saturated carbocycles. The second-order valence-electron chi connectivity index (χ2n) is 6.65. The summed E-state index contributed by atoms with van der Waals surface area (Å²) in [6.45, 7) is 1.95. The normalized spacial score (nSPS) is 21.4. The van der Waals surface area contributed by atoms with E-state index in [0.717, 1.165) is 31.3 Å². The van der Waals surface area contributed by atoms with Gasteiger partial charge in [-0.25, -0.2) is 8.42 Å². The van der Waals surface area contributed by atoms with E-state index in [1.165, 1.54) is 22.3 Å². The Labute approximate surface area is 168 Å². The molecule has 10 heteroatoms. The summed E-state index contributed by atoms with van der Waals surface area (Å²) < 4.78 is 27.6. The number of piperidine rings is 1. The van der Waals surface area contributed by atoms with Gasteiger partial charge in [0.1, 0.15) is 6.04 Å². The molecule has 7 nitrogen and oxygen atoms in total. The highest BCUT2D eigenvalue weighted by Crippen LogP contribution is 2.23. The summed E-state index contributed by atoms with van der Waals surface area (Å²) in [6, 6.07) is 2.56. The predicted octanol–water partition coefficient (Wildman–Crippen LogP) is 1.91. The molecule has 148 valence electrons. The van der Waals surface area contributed by atoms with Gasteiger partial charge in [-0.15, -0.1) is 11.3 Å². The Kier molecular flexibility index (Phi) is 6.56. The summed E-state index contributed by atoms with van der Waals surface area (Å²) in [4.78, 5) is 28.8. The fourth-order valence-electron chi connectivity index (χ4n) is 3.25. The predicted molar refractivity (Wildman–Crippen MR) is 106 cm³/mol. The van der Waals surface area contributed by atoms with Crippen LogP contribution in [0.15, 0.2) is 17.5 Å². The lowest BCUT2D eigenvalue weighted by Gasteiger charge is -2.32. The summed E-state index contributed by atoms with van der Waals surface area (Å²) in [5, 5.41) is 1.04. The molecule has 0 unspecified atom stereocenters. The molecular weight excluding hydrogens is 410 g/mol. The monoisotopic (exact) mass is 431 g/mol. The van der Waals surface area contributed by atoms with Crippen LogP contribution in [-0.2, 0) is 19.6 Å². The SMILES string of the molecule is O=C(CN1CCC[C@H](NS(=O)(=O)C=Cc2ccc(Cl)s2)C1=O)N1CCCC1. The smallest absolute Gasteiger partial charge is 0.242 e. The van der Waals surface area contributed by atoms with Crippen molar-refractivity contribution in [2.75, 3.05) is 26.2 Å². The van der Waals surface area contributed by atoms with Gasteiger partial charge in [-0.3, -0.25) is 9.59 Å². The molecule has 2 amide bonds. The summed E-state index contributed by atoms with van der Waals surface area (Å²) in [6.07, 6.45) is 4.50. The van der Waals surface area contributed by atoms with Crippen molar-refractivity contribution in [1.29, 1.82) is 0 Å². The Balaban J connectivity index is 1.59. The van der Waals surface area contributed by atoms with Crippen LogP contribution in [0.5, 0.6) is 0 Å². The van der Waals surface area contributed by atoms with Crippen LogP contribution in [0.1, 0.15) is 30.6 Å². The second kappa shape index (κ2) is 8.72. The molecule has 2 aliphatic heterocycles. The lowest BCUT2D eigenvalue weighted by Crippen LogP contribution is -2.54. The first kappa shape index (κ1) is 20.3. The Bertz CT molecular complexity index is 831. The minimum absolute atomic E-state index is 0.0145. The quantitative estimate of drug-likeness (QED) is 0.745. The van der Waals surface area contributed by atoms with E-state index in [1.807, 2.05) is 0 Å². The van der Waals surface area contributed by atoms with E-state index in [2.05, 4.69) is 4.72 Å². The van der Waals surface area contributed by atoms with Crippen LogP contribution in [0.25, 0.3) is 6.08 Å². The number of carbonyl (C=O) groups excluding carboxylic acids is 2. The van der Waals surface area contributed by atoms with E-state index in [4.69, 9.17) is 11.6 Å². The van der Waals surface area contributed by atoms with Crippen LogP contribution in [0.4, 0.5) is 0 Å². The van der Waals surface area contributed by atoms with Gasteiger partial charge < -0.3 is 9.80 Å². The molecule has 3 rings (SSSR count). The van der Waals surface area contributed by atoms with Crippen molar-refractivity contribution < 1.29 is 18.0 Å². The van der Waals surface area contributed by atoms with Gasteiger partial charge in [0, 0.05) is 29.9 Å². The molecule has 2 aliphatic rings. The zero-order chi connectivity index (χ0) is 19.4. The van der Waals surface area contributed by atoms with Gasteiger partial charge in [0.05, 0.1) is 10.9 Å². The van der Waals surface area contributed by atoms with Gasteiger partial charge in [-0.2, -0.15) is 4.72 Å². The Morgan fingerprint density at radius 3 is 2.67 bits per heavy atom. The van der Waals surface area contributed by atoms with Crippen molar-refractivity contribution >= 4 is 50.9 Å². The third kappa shape index (κ3) is 5.54. The van der Waals surface area contributed by atoms with Crippen molar-refractivity contribution in [3.63, 3.8) is 0 Å². The zero-order valence-electron chi connectivity index (χ0n) is 14.8. The summed E-state index contributed by atoms with van der Waals surface area (Å²) in [5.74, 6) is -0.413. The molecule has 0 aliphatic carbocycles. The van der Waals surface area contributed by atoms with Crippen LogP contribution < -0.4 is 4.72 Å². The lowest BCUT2D eigenvalue weighted by atomic mass is 10.1. The van der Waals surface area contributed by atoms with Crippen LogP contribution >= 0.6 is 22.9 Å². The minimum atomic E-state index is -3.78. The van der Waals surface area contributed by atoms with Crippen molar-refractivity contribution in [3.05, 3.63) is 26.8 Å². The topological polar surface area (TPSA) is 86.8 Å². The number of rotatable bonds is 6. The van der Waals surface area contributed by atoms with Gasteiger partial charge in [0.15, 0.2) is 0 Å². The maximum atomic E-state index is 12.6. The number of thiophene rings is 1. The average Bonchev–Trinajstić information content (AvgIpc) is 3.28. The number of hydrogen-bond donors (Lipinski definition) is 1. The highest BCUT2D eigenvalue weighted by molar-refractivity contribution is 7.92. The van der Waals surface area contributed by atoms with E-state index in [0.29, 0.717) is 28.6 Å². The standard InChI is InChI=1S/C17H22ClN3O4S2/c18-15-6-5-13(26-15)7-11-27(24,25)19-14-4-3-10-21(17(14)23)12-16(22)20-8-1-2-9-20/h5-7,11,14,19H,1-4,8-10,12H2/t14-/m0/s1. The van der Waals surface area contributed by atoms with E-state index >= 15 is 0 Å². The van der Waals surface area contributed by atoms with Gasteiger partial charge >= 0.3 is 0 Å². The number of likely N-dealkylation sites (tertiary alicyclic amines) is 2. The molecule has 0 aromatic carbocycles. The lowest BCUT2D eigenvalue weighted by molar-refractivity contribution is -0.142. The van der Waals surface area contributed by atoms with Gasteiger partial charge in [0.25, 0.3) is 0 Å². The van der Waals surface area contributed by atoms with E-state index in [-0.39, 0.29) is 18.4 Å². The molecule has 0 spiro atoms. The number of nitrogens with zero attached hydrogens (tertiary/aromatic N) is 2. The zero-order valence-corrected chi connectivity index (χ0v) is 17.2. The number of nitrogens with one attached hydrogen (secondary N) is 1. The first-order valence-corrected chi connectivity index (χ1v) is 11.6. The number of sulfonamides is 1. The Hall–Kier alpha value is -1.42. The fraction of sp³-hybridized carbons (Fsp3) is 0.529. The molecule has 3 heterocycles. The van der Waals surface area contributed by atoms with Crippen LogP contribution in [0.3, 0.4) is 0 Å². The van der Waals surface area contributed by atoms with Crippen molar-refractivity contribution in [2.45, 2.75) is 31.7 Å². The highest BCUT2D eigenvalue weighted by Gasteiger charge is 2.33. The molecule has 1 aromatic heterocycles. The van der Waals surface area contributed by atoms with Crippen molar-refractivity contribution in [2.24, 2.45) is 0 Å². The van der Waals surface area contributed by atoms with Crippen LogP contribution in [-0.4, -0.2) is 62.3 Å². The Morgan fingerprint density at radius 1 is 1.26 bits per heavy atom. The molecule has 1 aromatic rings. The first-order chi connectivity index (χ1) is 12.8. The molecule has 0 bridgehead atoms. The van der Waals surface area contributed by atoms with E-state index in [1.54, 1.807) is 17.0 Å². The largest absolute Gasteiger partial charge is 0.341 e. The molecule has 1 N–H and O–H groups in total.